The molecule has 21 heavy (non-hydrogen) atoms. The normalized spacial score (nSPS) is 16.7. The van der Waals surface area contributed by atoms with Crippen LogP contribution in [0.3, 0.4) is 0 Å². The fourth-order valence-electron chi connectivity index (χ4n) is 2.60. The van der Waals surface area contributed by atoms with E-state index in [2.05, 4.69) is 58.8 Å². The van der Waals surface area contributed by atoms with Crippen molar-refractivity contribution in [1.82, 2.24) is 5.01 Å². The van der Waals surface area contributed by atoms with E-state index in [9.17, 15) is 0 Å². The van der Waals surface area contributed by atoms with Crippen LogP contribution in [0.5, 0.6) is 0 Å². The van der Waals surface area contributed by atoms with Crippen molar-refractivity contribution in [3.05, 3.63) is 57.8 Å². The first kappa shape index (κ1) is 14.3. The molecule has 4 heteroatoms. The molecule has 1 aromatic carbocycles. The van der Waals surface area contributed by atoms with Gasteiger partial charge in [0.25, 0.3) is 0 Å². The molecule has 0 radical (unpaired) electrons. The van der Waals surface area contributed by atoms with Crippen molar-refractivity contribution in [2.24, 2.45) is 5.10 Å². The SMILES string of the molecule is Cc1ccc(C[NH+]2CCN(N=Cc3cccs3)CC2)cc1. The van der Waals surface area contributed by atoms with Crippen LogP contribution in [0.1, 0.15) is 16.0 Å². The van der Waals surface area contributed by atoms with Crippen molar-refractivity contribution >= 4 is 17.6 Å². The first-order valence-corrected chi connectivity index (χ1v) is 8.39. The van der Waals surface area contributed by atoms with Gasteiger partial charge in [0.05, 0.1) is 32.4 Å². The number of benzene rings is 1. The molecule has 1 saturated heterocycles. The molecule has 1 aliphatic heterocycles. The van der Waals surface area contributed by atoms with E-state index in [0.29, 0.717) is 0 Å². The highest BCUT2D eigenvalue weighted by Gasteiger charge is 2.18. The Hall–Kier alpha value is -1.65. The van der Waals surface area contributed by atoms with Crippen LogP contribution in [0.4, 0.5) is 0 Å². The van der Waals surface area contributed by atoms with Crippen LogP contribution in [0, 0.1) is 6.92 Å². The Morgan fingerprint density at radius 2 is 1.95 bits per heavy atom. The fraction of sp³-hybridized carbons (Fsp3) is 0.353. The van der Waals surface area contributed by atoms with E-state index in [1.54, 1.807) is 16.2 Å². The number of nitrogens with one attached hydrogen (secondary N) is 1. The molecule has 0 bridgehead atoms. The van der Waals surface area contributed by atoms with Gasteiger partial charge in [0, 0.05) is 10.4 Å². The third-order valence-electron chi connectivity index (χ3n) is 3.91. The molecular formula is C17H22N3S+. The molecule has 0 saturated carbocycles. The first-order valence-electron chi connectivity index (χ1n) is 7.51. The lowest BCUT2D eigenvalue weighted by atomic mass is 10.1. The van der Waals surface area contributed by atoms with Gasteiger partial charge >= 0.3 is 0 Å². The van der Waals surface area contributed by atoms with E-state index < -0.39 is 0 Å². The fourth-order valence-corrected chi connectivity index (χ4v) is 3.18. The number of quaternary nitrogens is 1. The van der Waals surface area contributed by atoms with Gasteiger partial charge in [0.2, 0.25) is 0 Å². The third kappa shape index (κ3) is 4.16. The maximum Gasteiger partial charge on any atom is 0.103 e. The van der Waals surface area contributed by atoms with Crippen molar-refractivity contribution in [2.45, 2.75) is 13.5 Å². The van der Waals surface area contributed by atoms with Crippen molar-refractivity contribution in [1.29, 1.82) is 0 Å². The summed E-state index contributed by atoms with van der Waals surface area (Å²) < 4.78 is 0. The van der Waals surface area contributed by atoms with E-state index in [1.807, 2.05) is 6.21 Å². The third-order valence-corrected chi connectivity index (χ3v) is 4.72. The number of hydrogen-bond donors (Lipinski definition) is 1. The molecule has 3 rings (SSSR count). The first-order chi connectivity index (χ1) is 10.3. The molecule has 0 unspecified atom stereocenters. The summed E-state index contributed by atoms with van der Waals surface area (Å²) in [5.41, 5.74) is 2.77. The van der Waals surface area contributed by atoms with Gasteiger partial charge in [-0.15, -0.1) is 11.3 Å². The second-order valence-corrected chi connectivity index (χ2v) is 6.61. The Morgan fingerprint density at radius 3 is 2.62 bits per heavy atom. The lowest BCUT2D eigenvalue weighted by molar-refractivity contribution is -0.918. The Labute approximate surface area is 130 Å². The summed E-state index contributed by atoms with van der Waals surface area (Å²) in [7, 11) is 0. The van der Waals surface area contributed by atoms with Gasteiger partial charge in [-0.25, -0.2) is 0 Å². The molecule has 110 valence electrons. The highest BCUT2D eigenvalue weighted by molar-refractivity contribution is 7.11. The summed E-state index contributed by atoms with van der Waals surface area (Å²) in [6.45, 7) is 7.68. The van der Waals surface area contributed by atoms with Gasteiger partial charge < -0.3 is 4.90 Å². The molecule has 0 amide bonds. The molecule has 0 atom stereocenters. The van der Waals surface area contributed by atoms with Gasteiger partial charge in [-0.05, 0) is 18.4 Å². The molecule has 3 nitrogen and oxygen atoms in total. The summed E-state index contributed by atoms with van der Waals surface area (Å²) >= 11 is 1.73. The van der Waals surface area contributed by atoms with E-state index in [4.69, 9.17) is 0 Å². The van der Waals surface area contributed by atoms with Gasteiger partial charge in [0.1, 0.15) is 6.54 Å². The van der Waals surface area contributed by atoms with E-state index >= 15 is 0 Å². The number of hydrogen-bond acceptors (Lipinski definition) is 3. The molecule has 2 heterocycles. The van der Waals surface area contributed by atoms with Gasteiger partial charge in [-0.2, -0.15) is 5.10 Å². The van der Waals surface area contributed by atoms with Crippen LogP contribution < -0.4 is 4.90 Å². The van der Waals surface area contributed by atoms with E-state index in [0.717, 1.165) is 32.7 Å². The van der Waals surface area contributed by atoms with Crippen LogP contribution in [-0.4, -0.2) is 37.4 Å². The van der Waals surface area contributed by atoms with E-state index in [1.165, 1.54) is 16.0 Å². The Balaban J connectivity index is 1.47. The minimum Gasteiger partial charge on any atom is -0.328 e. The highest BCUT2D eigenvalue weighted by atomic mass is 32.1. The molecule has 1 aromatic heterocycles. The number of nitrogens with zero attached hydrogens (tertiary/aromatic N) is 2. The van der Waals surface area contributed by atoms with Crippen LogP contribution in [0.15, 0.2) is 46.9 Å². The molecule has 1 aliphatic rings. The quantitative estimate of drug-likeness (QED) is 0.854. The van der Waals surface area contributed by atoms with Gasteiger partial charge in [-0.3, -0.25) is 5.01 Å². The molecule has 0 spiro atoms. The molecule has 2 aromatic rings. The smallest absolute Gasteiger partial charge is 0.103 e. The number of thiophene rings is 1. The second kappa shape index (κ2) is 6.87. The predicted molar refractivity (Wildman–Crippen MR) is 89.1 cm³/mol. The summed E-state index contributed by atoms with van der Waals surface area (Å²) in [5.74, 6) is 0. The standard InChI is InChI=1S/C17H21N3S/c1-15-4-6-16(7-5-15)14-19-8-10-20(11-9-19)18-13-17-3-2-12-21-17/h2-7,12-13H,8-11,14H2,1H3/p+1. The minimum absolute atomic E-state index is 1.04. The predicted octanol–water partition coefficient (Wildman–Crippen LogP) is 1.79. The monoisotopic (exact) mass is 300 g/mol. The van der Waals surface area contributed by atoms with Crippen molar-refractivity contribution in [3.63, 3.8) is 0 Å². The maximum atomic E-state index is 4.58. The van der Waals surface area contributed by atoms with Crippen LogP contribution in [0.25, 0.3) is 0 Å². The minimum atomic E-state index is 1.04. The molecular weight excluding hydrogens is 278 g/mol. The summed E-state index contributed by atoms with van der Waals surface area (Å²) in [6.07, 6.45) is 1.98. The number of piperazine rings is 1. The number of hydrazone groups is 1. The number of aryl methyl sites for hydroxylation is 1. The lowest BCUT2D eigenvalue weighted by Gasteiger charge is -2.30. The van der Waals surface area contributed by atoms with Crippen LogP contribution >= 0.6 is 11.3 Å². The topological polar surface area (TPSA) is 20.0 Å². The van der Waals surface area contributed by atoms with Crippen LogP contribution in [0.2, 0.25) is 0 Å². The average Bonchev–Trinajstić information content (AvgIpc) is 3.02. The lowest BCUT2D eigenvalue weighted by Crippen LogP contribution is -3.13. The Bertz CT molecular complexity index is 567. The van der Waals surface area contributed by atoms with Gasteiger partial charge in [0.15, 0.2) is 0 Å². The largest absolute Gasteiger partial charge is 0.328 e. The number of rotatable bonds is 4. The van der Waals surface area contributed by atoms with Gasteiger partial charge in [-0.1, -0.05) is 35.9 Å². The Morgan fingerprint density at radius 1 is 1.19 bits per heavy atom. The molecule has 1 fully saturated rings. The second-order valence-electron chi connectivity index (χ2n) is 5.63. The highest BCUT2D eigenvalue weighted by Crippen LogP contribution is 2.05. The van der Waals surface area contributed by atoms with Crippen LogP contribution in [-0.2, 0) is 6.54 Å². The van der Waals surface area contributed by atoms with Crippen molar-refractivity contribution in [3.8, 4) is 0 Å². The zero-order valence-electron chi connectivity index (χ0n) is 12.5. The average molecular weight is 300 g/mol. The summed E-state index contributed by atoms with van der Waals surface area (Å²) in [5, 5.41) is 8.87. The zero-order chi connectivity index (χ0) is 14.5. The molecule has 1 N–H and O–H groups in total. The molecule has 0 aliphatic carbocycles. The van der Waals surface area contributed by atoms with Crippen molar-refractivity contribution < 1.29 is 4.90 Å². The summed E-state index contributed by atoms with van der Waals surface area (Å²) in [4.78, 5) is 2.88. The maximum absolute atomic E-state index is 4.58. The van der Waals surface area contributed by atoms with E-state index in [-0.39, 0.29) is 0 Å². The zero-order valence-corrected chi connectivity index (χ0v) is 13.3. The van der Waals surface area contributed by atoms with Crippen molar-refractivity contribution in [2.75, 3.05) is 26.2 Å². The summed E-state index contributed by atoms with van der Waals surface area (Å²) in [6, 6.07) is 13.1. The Kier molecular flexibility index (Phi) is 4.68.